The van der Waals surface area contributed by atoms with Crippen LogP contribution < -0.4 is 34.7 Å². The molecule has 6 heteroatoms. The number of rotatable bonds is 2. The van der Waals surface area contributed by atoms with E-state index in [0.29, 0.717) is 17.6 Å². The average molecular weight is 530 g/mol. The van der Waals surface area contributed by atoms with Gasteiger partial charge in [-0.3, -0.25) is 9.80 Å². The van der Waals surface area contributed by atoms with E-state index < -0.39 is 0 Å². The molecule has 33 heavy (non-hydrogen) atoms. The first-order valence-corrected chi connectivity index (χ1v) is 12.4. The molecule has 0 unspecified atom stereocenters. The molecule has 3 saturated heterocycles. The Labute approximate surface area is 232 Å². The summed E-state index contributed by atoms with van der Waals surface area (Å²) < 4.78 is 1.01. The van der Waals surface area contributed by atoms with E-state index in [-0.39, 0.29) is 29.6 Å². The predicted molar refractivity (Wildman–Crippen MR) is 139 cm³/mol. The van der Waals surface area contributed by atoms with Crippen LogP contribution in [0, 0.1) is 13.8 Å². The molecule has 3 aliphatic rings. The van der Waals surface area contributed by atoms with E-state index >= 15 is 0 Å². The molecule has 2 bridgehead atoms. The fraction of sp³-hybridized carbons (Fsp3) is 0.556. The number of aryl methyl sites for hydroxylation is 2. The summed E-state index contributed by atoms with van der Waals surface area (Å²) in [6, 6.07) is 12.1. The van der Waals surface area contributed by atoms with Crippen molar-refractivity contribution in [1.82, 2.24) is 9.80 Å². The Kier molecular flexibility index (Phi) is 16.9. The van der Waals surface area contributed by atoms with Crippen molar-refractivity contribution in [3.05, 3.63) is 63.1 Å². The fourth-order valence-corrected chi connectivity index (χ4v) is 4.27. The van der Waals surface area contributed by atoms with Gasteiger partial charge >= 0.3 is 29.6 Å². The van der Waals surface area contributed by atoms with Crippen LogP contribution in [0.3, 0.4) is 0 Å². The summed E-state index contributed by atoms with van der Waals surface area (Å²) in [5.74, 6) is 1.39. The summed E-state index contributed by atoms with van der Waals surface area (Å²) >= 11 is 3.35. The Morgan fingerprint density at radius 2 is 1.21 bits per heavy atom. The van der Waals surface area contributed by atoms with Crippen molar-refractivity contribution in [2.75, 3.05) is 46.4 Å². The average Bonchev–Trinajstić information content (AvgIpc) is 2.80. The fourth-order valence-electron chi connectivity index (χ4n) is 3.89. The molecule has 3 aliphatic heterocycles. The topological polar surface area (TPSA) is 49.8 Å². The first-order chi connectivity index (χ1) is 15.2. The second-order valence-corrected chi connectivity index (χ2v) is 9.97. The summed E-state index contributed by atoms with van der Waals surface area (Å²) in [4.78, 5) is 5.08. The predicted octanol–water partition coefficient (Wildman–Crippen LogP) is 2.30. The molecule has 0 radical (unpaired) electrons. The minimum Gasteiger partial charge on any atom is -0.857 e. The van der Waals surface area contributed by atoms with E-state index in [9.17, 15) is 5.11 Å². The van der Waals surface area contributed by atoms with Crippen LogP contribution in [0.1, 0.15) is 61.8 Å². The van der Waals surface area contributed by atoms with Gasteiger partial charge in [-0.05, 0) is 60.6 Å². The Hall–Kier alpha value is -0.400. The number of halogens is 1. The molecule has 0 atom stereocenters. The second-order valence-electron chi connectivity index (χ2n) is 9.06. The minimum atomic E-state index is 0. The van der Waals surface area contributed by atoms with Gasteiger partial charge in [0, 0.05) is 43.7 Å². The summed E-state index contributed by atoms with van der Waals surface area (Å²) in [6.07, 6.45) is 0. The van der Waals surface area contributed by atoms with Gasteiger partial charge in [-0.1, -0.05) is 67.4 Å². The van der Waals surface area contributed by atoms with E-state index in [1.165, 1.54) is 56.0 Å². The summed E-state index contributed by atoms with van der Waals surface area (Å²) in [5.41, 5.74) is 5.23. The first kappa shape index (κ1) is 32.6. The maximum atomic E-state index is 9.38. The van der Waals surface area contributed by atoms with Gasteiger partial charge in [0.05, 0.1) is 0 Å². The van der Waals surface area contributed by atoms with Crippen LogP contribution in [0.15, 0.2) is 40.9 Å². The molecular formula is C27H42BrN2NaO2. The van der Waals surface area contributed by atoms with E-state index in [0.717, 1.165) is 17.1 Å². The van der Waals surface area contributed by atoms with Crippen LogP contribution in [0.4, 0.5) is 0 Å². The summed E-state index contributed by atoms with van der Waals surface area (Å²) in [5, 5.41) is 17.6. The molecule has 5 rings (SSSR count). The molecule has 0 spiro atoms. The number of hydrogen-bond acceptors (Lipinski definition) is 4. The van der Waals surface area contributed by atoms with E-state index in [1.807, 2.05) is 12.1 Å². The molecular weight excluding hydrogens is 487 g/mol. The van der Waals surface area contributed by atoms with Gasteiger partial charge < -0.3 is 10.2 Å². The second kappa shape index (κ2) is 17.1. The molecule has 0 saturated carbocycles. The zero-order valence-corrected chi connectivity index (χ0v) is 25.6. The molecule has 3 heterocycles. The van der Waals surface area contributed by atoms with Crippen LogP contribution in [-0.4, -0.2) is 61.3 Å². The third-order valence-corrected chi connectivity index (χ3v) is 6.36. The summed E-state index contributed by atoms with van der Waals surface area (Å²) in [6.45, 7) is 20.8. The van der Waals surface area contributed by atoms with Crippen molar-refractivity contribution >= 4 is 15.9 Å². The van der Waals surface area contributed by atoms with Crippen molar-refractivity contribution < 1.29 is 39.8 Å². The Bertz CT molecular complexity index is 728. The molecule has 0 aliphatic carbocycles. The van der Waals surface area contributed by atoms with Gasteiger partial charge in [0.15, 0.2) is 0 Å². The van der Waals surface area contributed by atoms with Crippen LogP contribution >= 0.6 is 15.9 Å². The molecule has 2 aromatic rings. The third-order valence-electron chi connectivity index (χ3n) is 5.87. The molecule has 1 N–H and O–H groups in total. The Balaban J connectivity index is 0.000000446. The van der Waals surface area contributed by atoms with Crippen LogP contribution in [0.5, 0.6) is 5.75 Å². The third kappa shape index (κ3) is 11.7. The number of nitrogens with zero attached hydrogens (tertiary/aromatic N) is 2. The van der Waals surface area contributed by atoms with Crippen LogP contribution in [-0.2, 0) is 0 Å². The van der Waals surface area contributed by atoms with Crippen molar-refractivity contribution in [2.24, 2.45) is 0 Å². The SMILES string of the molecule is C1CN2CCN1CC2.CC(C)c1cc(Br)ccc1O.C[O-].Cc1ccc(C)c(C(C)C)c1.[Na+]. The van der Waals surface area contributed by atoms with Crippen molar-refractivity contribution in [3.8, 4) is 5.75 Å². The molecule has 0 amide bonds. The van der Waals surface area contributed by atoms with Crippen LogP contribution in [0.2, 0.25) is 0 Å². The zero-order chi connectivity index (χ0) is 24.3. The number of fused-ring (bicyclic) bond motifs is 3. The molecule has 2 aromatic carbocycles. The molecule has 0 aromatic heterocycles. The maximum Gasteiger partial charge on any atom is 1.00 e. The molecule has 3 fully saturated rings. The number of benzene rings is 2. The Morgan fingerprint density at radius 1 is 0.758 bits per heavy atom. The first-order valence-electron chi connectivity index (χ1n) is 11.6. The number of piperazine rings is 3. The maximum absolute atomic E-state index is 9.38. The quantitative estimate of drug-likeness (QED) is 0.607. The van der Waals surface area contributed by atoms with E-state index in [4.69, 9.17) is 5.11 Å². The van der Waals surface area contributed by atoms with E-state index in [2.05, 4.69) is 85.5 Å². The van der Waals surface area contributed by atoms with Gasteiger partial charge in [-0.15, -0.1) is 0 Å². The minimum absolute atomic E-state index is 0. The van der Waals surface area contributed by atoms with Gasteiger partial charge in [0.2, 0.25) is 0 Å². The Morgan fingerprint density at radius 3 is 1.55 bits per heavy atom. The number of hydrogen-bond donors (Lipinski definition) is 1. The monoisotopic (exact) mass is 528 g/mol. The number of aromatic hydroxyl groups is 1. The summed E-state index contributed by atoms with van der Waals surface area (Å²) in [7, 11) is 0.750. The largest absolute Gasteiger partial charge is 1.00 e. The van der Waals surface area contributed by atoms with Crippen molar-refractivity contribution in [1.29, 1.82) is 0 Å². The van der Waals surface area contributed by atoms with Crippen molar-refractivity contribution in [3.63, 3.8) is 0 Å². The standard InChI is InChI=1S/C11H16.C9H11BrO.C6H12N2.CH3O.Na/c1-8(2)11-7-9(3)5-6-10(11)4;1-6(2)8-5-7(10)3-4-9(8)11;1-2-8-5-3-7(1)4-6-8;1-2;/h5-8H,1-4H3;3-6,11H,1-2H3;1-6H2;1H3;/q;;;-1;+1. The van der Waals surface area contributed by atoms with Gasteiger partial charge in [-0.25, -0.2) is 0 Å². The van der Waals surface area contributed by atoms with Crippen LogP contribution in [0.25, 0.3) is 0 Å². The van der Waals surface area contributed by atoms with Crippen molar-refractivity contribution in [2.45, 2.75) is 53.4 Å². The zero-order valence-electron chi connectivity index (χ0n) is 22.0. The van der Waals surface area contributed by atoms with E-state index in [1.54, 1.807) is 6.07 Å². The van der Waals surface area contributed by atoms with Gasteiger partial charge in [0.1, 0.15) is 5.75 Å². The smallest absolute Gasteiger partial charge is 0.857 e. The number of phenols is 1. The van der Waals surface area contributed by atoms with Gasteiger partial charge in [-0.2, -0.15) is 7.11 Å². The normalized spacial score (nSPS) is 18.2. The number of phenolic OH excluding ortho intramolecular Hbond substituents is 1. The molecule has 4 nitrogen and oxygen atoms in total. The molecule has 180 valence electrons. The van der Waals surface area contributed by atoms with Gasteiger partial charge in [0.25, 0.3) is 0 Å².